The monoisotopic (exact) mass is 606 g/mol. The summed E-state index contributed by atoms with van der Waals surface area (Å²) in [5.74, 6) is -1.90. The predicted octanol–water partition coefficient (Wildman–Crippen LogP) is 6.55. The Balaban J connectivity index is 1.47. The maximum Gasteiger partial charge on any atom is 0.356 e. The number of nitrogens with one attached hydrogen (secondary N) is 1. The molecule has 1 unspecified atom stereocenters. The van der Waals surface area contributed by atoms with E-state index in [1.54, 1.807) is 55.5 Å². The largest absolute Gasteiger partial charge is 0.462 e. The van der Waals surface area contributed by atoms with E-state index in [1.165, 1.54) is 29.9 Å². The summed E-state index contributed by atoms with van der Waals surface area (Å²) in [5, 5.41) is 4.75. The lowest BCUT2D eigenvalue weighted by molar-refractivity contribution is -0.123. The number of fused-ring (bicyclic) bond motifs is 2. The molecular formula is C32H31ClN2O6S. The zero-order valence-electron chi connectivity index (χ0n) is 23.6. The Hall–Kier alpha value is -3.95. The minimum absolute atomic E-state index is 0.00993. The number of amides is 1. The summed E-state index contributed by atoms with van der Waals surface area (Å²) in [5.41, 5.74) is 2.10. The second kappa shape index (κ2) is 12.5. The number of aromatic nitrogens is 1. The number of esters is 2. The molecular weight excluding hydrogens is 576 g/mol. The summed E-state index contributed by atoms with van der Waals surface area (Å²) in [6.07, 6.45) is 3.39. The van der Waals surface area contributed by atoms with E-state index in [1.807, 2.05) is 0 Å². The third kappa shape index (κ3) is 5.71. The SMILES string of the molecule is CCOC(=O)c1c(NC(=O)C(C)OC(=O)c2c(-c3ccc(Cl)cc3)c3ccccc3c(=O)n2C)sc2c1CCCCC2. The van der Waals surface area contributed by atoms with Crippen LogP contribution in [0.1, 0.15) is 64.4 Å². The molecule has 42 heavy (non-hydrogen) atoms. The van der Waals surface area contributed by atoms with Crippen molar-refractivity contribution in [2.75, 3.05) is 11.9 Å². The number of hydrogen-bond acceptors (Lipinski definition) is 7. The van der Waals surface area contributed by atoms with Gasteiger partial charge in [-0.15, -0.1) is 11.3 Å². The highest BCUT2D eigenvalue weighted by molar-refractivity contribution is 7.17. The Kier molecular flexibility index (Phi) is 8.80. The lowest BCUT2D eigenvalue weighted by Crippen LogP contribution is -2.33. The van der Waals surface area contributed by atoms with Gasteiger partial charge in [-0.25, -0.2) is 9.59 Å². The number of carbonyl (C=O) groups is 3. The Morgan fingerprint density at radius 3 is 2.40 bits per heavy atom. The van der Waals surface area contributed by atoms with Crippen molar-refractivity contribution >= 4 is 56.6 Å². The molecule has 0 aliphatic heterocycles. The summed E-state index contributed by atoms with van der Waals surface area (Å²) < 4.78 is 12.2. The molecule has 8 nitrogen and oxygen atoms in total. The first kappa shape index (κ1) is 29.5. The average Bonchev–Trinajstić information content (AvgIpc) is 3.15. The van der Waals surface area contributed by atoms with E-state index < -0.39 is 23.9 Å². The molecule has 1 N–H and O–H groups in total. The van der Waals surface area contributed by atoms with E-state index in [2.05, 4.69) is 5.32 Å². The van der Waals surface area contributed by atoms with Gasteiger partial charge in [0.25, 0.3) is 11.5 Å². The van der Waals surface area contributed by atoms with Gasteiger partial charge in [0.2, 0.25) is 0 Å². The number of nitrogens with zero attached hydrogens (tertiary/aromatic N) is 1. The van der Waals surface area contributed by atoms with Gasteiger partial charge in [0.1, 0.15) is 10.7 Å². The number of halogens is 1. The van der Waals surface area contributed by atoms with Crippen LogP contribution in [0.2, 0.25) is 5.02 Å². The molecule has 2 heterocycles. The van der Waals surface area contributed by atoms with Gasteiger partial charge < -0.3 is 19.4 Å². The maximum absolute atomic E-state index is 13.7. The summed E-state index contributed by atoms with van der Waals surface area (Å²) in [6, 6.07) is 13.9. The van der Waals surface area contributed by atoms with Gasteiger partial charge in [0.05, 0.1) is 12.2 Å². The minimum Gasteiger partial charge on any atom is -0.462 e. The third-order valence-electron chi connectivity index (χ3n) is 7.42. The van der Waals surface area contributed by atoms with Crippen molar-refractivity contribution in [1.29, 1.82) is 0 Å². The molecule has 0 saturated heterocycles. The second-order valence-electron chi connectivity index (χ2n) is 10.2. The molecule has 0 fully saturated rings. The van der Waals surface area contributed by atoms with Crippen molar-refractivity contribution in [1.82, 2.24) is 4.57 Å². The van der Waals surface area contributed by atoms with Crippen molar-refractivity contribution in [3.63, 3.8) is 0 Å². The Morgan fingerprint density at radius 1 is 1.00 bits per heavy atom. The number of pyridine rings is 1. The molecule has 2 aromatic carbocycles. The molecule has 218 valence electrons. The predicted molar refractivity (Wildman–Crippen MR) is 165 cm³/mol. The van der Waals surface area contributed by atoms with E-state index in [9.17, 15) is 19.2 Å². The first-order chi connectivity index (χ1) is 20.2. The normalized spacial score (nSPS) is 13.6. The van der Waals surface area contributed by atoms with Crippen LogP contribution < -0.4 is 10.9 Å². The molecule has 1 amide bonds. The summed E-state index contributed by atoms with van der Waals surface area (Å²) in [6.45, 7) is 3.41. The fourth-order valence-electron chi connectivity index (χ4n) is 5.35. The molecule has 1 aliphatic carbocycles. The zero-order chi connectivity index (χ0) is 30.0. The topological polar surface area (TPSA) is 104 Å². The summed E-state index contributed by atoms with van der Waals surface area (Å²) >= 11 is 7.48. The molecule has 1 aliphatic rings. The minimum atomic E-state index is -1.23. The van der Waals surface area contributed by atoms with Gasteiger partial charge in [-0.1, -0.05) is 48.4 Å². The van der Waals surface area contributed by atoms with Crippen LogP contribution in [0.15, 0.2) is 53.3 Å². The van der Waals surface area contributed by atoms with Crippen LogP contribution in [-0.4, -0.2) is 35.1 Å². The molecule has 5 rings (SSSR count). The van der Waals surface area contributed by atoms with Crippen molar-refractivity contribution in [2.45, 2.75) is 52.1 Å². The van der Waals surface area contributed by atoms with Crippen molar-refractivity contribution in [2.24, 2.45) is 7.05 Å². The zero-order valence-corrected chi connectivity index (χ0v) is 25.2. The number of aryl methyl sites for hydroxylation is 1. The van der Waals surface area contributed by atoms with Gasteiger partial charge in [0.15, 0.2) is 6.10 Å². The van der Waals surface area contributed by atoms with Crippen LogP contribution in [0.25, 0.3) is 21.9 Å². The Morgan fingerprint density at radius 2 is 1.69 bits per heavy atom. The summed E-state index contributed by atoms with van der Waals surface area (Å²) in [7, 11) is 1.50. The lowest BCUT2D eigenvalue weighted by atomic mass is 9.96. The number of carbonyl (C=O) groups excluding carboxylic acids is 3. The van der Waals surface area contributed by atoms with Crippen LogP contribution >= 0.6 is 22.9 Å². The van der Waals surface area contributed by atoms with Crippen LogP contribution in [0.5, 0.6) is 0 Å². The van der Waals surface area contributed by atoms with Crippen molar-refractivity contribution in [3.8, 4) is 11.1 Å². The fourth-order valence-corrected chi connectivity index (χ4v) is 6.75. The highest BCUT2D eigenvalue weighted by Gasteiger charge is 2.30. The smallest absolute Gasteiger partial charge is 0.356 e. The van der Waals surface area contributed by atoms with Crippen LogP contribution in [0, 0.1) is 0 Å². The van der Waals surface area contributed by atoms with Gasteiger partial charge in [-0.2, -0.15) is 0 Å². The quantitative estimate of drug-likeness (QED) is 0.189. The molecule has 0 bridgehead atoms. The van der Waals surface area contributed by atoms with E-state index in [-0.39, 0.29) is 17.9 Å². The van der Waals surface area contributed by atoms with E-state index >= 15 is 0 Å². The Labute approximate surface area is 252 Å². The number of ether oxygens (including phenoxy) is 2. The third-order valence-corrected chi connectivity index (χ3v) is 8.88. The number of rotatable bonds is 7. The van der Waals surface area contributed by atoms with Gasteiger partial charge >= 0.3 is 11.9 Å². The van der Waals surface area contributed by atoms with E-state index in [0.29, 0.717) is 37.5 Å². The average molecular weight is 607 g/mol. The number of thiophene rings is 1. The fraction of sp³-hybridized carbons (Fsp3) is 0.312. The van der Waals surface area contributed by atoms with Gasteiger partial charge in [-0.3, -0.25) is 9.59 Å². The molecule has 2 aromatic heterocycles. The molecule has 0 radical (unpaired) electrons. The number of hydrogen-bond donors (Lipinski definition) is 1. The van der Waals surface area contributed by atoms with E-state index in [0.717, 1.165) is 42.5 Å². The molecule has 1 atom stereocenters. The Bertz CT molecular complexity index is 1740. The number of anilines is 1. The number of benzene rings is 2. The highest BCUT2D eigenvalue weighted by Crippen LogP contribution is 2.38. The van der Waals surface area contributed by atoms with Crippen molar-refractivity contribution in [3.05, 3.63) is 85.6 Å². The van der Waals surface area contributed by atoms with Crippen LogP contribution in [0.4, 0.5) is 5.00 Å². The first-order valence-corrected chi connectivity index (χ1v) is 15.1. The van der Waals surface area contributed by atoms with Crippen molar-refractivity contribution < 1.29 is 23.9 Å². The maximum atomic E-state index is 13.7. The second-order valence-corrected chi connectivity index (χ2v) is 11.7. The standard InChI is InChI=1S/C32H31ClN2O6S/c1-4-40-31(38)26-23-12-6-5-7-13-24(23)42-29(26)34-28(36)18(2)41-32(39)27-25(19-14-16-20(33)17-15-19)21-10-8-9-11-22(21)30(37)35(27)3/h8-11,14-18H,4-7,12-13H2,1-3H3,(H,34,36). The van der Waals surface area contributed by atoms with Gasteiger partial charge in [-0.05, 0) is 74.2 Å². The lowest BCUT2D eigenvalue weighted by Gasteiger charge is -2.19. The molecule has 0 saturated carbocycles. The van der Waals surface area contributed by atoms with Crippen LogP contribution in [-0.2, 0) is 34.2 Å². The van der Waals surface area contributed by atoms with Gasteiger partial charge in [0, 0.05) is 27.9 Å². The molecule has 4 aromatic rings. The van der Waals surface area contributed by atoms with E-state index in [4.69, 9.17) is 21.1 Å². The van der Waals surface area contributed by atoms with Crippen LogP contribution in [0.3, 0.4) is 0 Å². The molecule has 10 heteroatoms. The molecule has 0 spiro atoms. The summed E-state index contributed by atoms with van der Waals surface area (Å²) in [4.78, 5) is 54.2. The first-order valence-electron chi connectivity index (χ1n) is 13.9. The highest BCUT2D eigenvalue weighted by atomic mass is 35.5.